The van der Waals surface area contributed by atoms with Gasteiger partial charge in [0.15, 0.2) is 0 Å². The minimum Gasteiger partial charge on any atom is -0.399 e. The topological polar surface area (TPSA) is 98.3 Å². The number of nitro groups is 1. The summed E-state index contributed by atoms with van der Waals surface area (Å²) in [6.45, 7) is 0. The first-order valence-corrected chi connectivity index (χ1v) is 6.06. The number of hydrogen-bond acceptors (Lipinski definition) is 4. The van der Waals surface area contributed by atoms with Gasteiger partial charge >= 0.3 is 0 Å². The number of hydrogen-bond donors (Lipinski definition) is 2. The zero-order valence-electron chi connectivity index (χ0n) is 10.5. The molecule has 3 N–H and O–H groups in total. The third kappa shape index (κ3) is 3.26. The van der Waals surface area contributed by atoms with Crippen molar-refractivity contribution in [2.45, 2.75) is 0 Å². The van der Waals surface area contributed by atoms with Crippen LogP contribution in [0.3, 0.4) is 0 Å². The number of nitro benzene ring substituents is 1. The lowest BCUT2D eigenvalue weighted by Crippen LogP contribution is -2.15. The van der Waals surface area contributed by atoms with Crippen molar-refractivity contribution in [3.63, 3.8) is 0 Å². The number of nitrogens with two attached hydrogens (primary N) is 1. The zero-order valence-corrected chi connectivity index (χ0v) is 11.2. The van der Waals surface area contributed by atoms with Crippen molar-refractivity contribution >= 4 is 34.6 Å². The molecule has 0 fully saturated rings. The summed E-state index contributed by atoms with van der Waals surface area (Å²) in [4.78, 5) is 22.2. The average molecular weight is 310 g/mol. The van der Waals surface area contributed by atoms with Crippen molar-refractivity contribution in [2.75, 3.05) is 11.1 Å². The summed E-state index contributed by atoms with van der Waals surface area (Å²) in [5, 5.41) is 13.3. The van der Waals surface area contributed by atoms with E-state index in [0.717, 1.165) is 18.2 Å². The van der Waals surface area contributed by atoms with Crippen LogP contribution < -0.4 is 11.1 Å². The normalized spacial score (nSPS) is 10.2. The van der Waals surface area contributed by atoms with Gasteiger partial charge in [-0.05, 0) is 30.3 Å². The van der Waals surface area contributed by atoms with Crippen LogP contribution in [0.2, 0.25) is 5.02 Å². The van der Waals surface area contributed by atoms with Gasteiger partial charge in [-0.25, -0.2) is 4.39 Å². The van der Waals surface area contributed by atoms with Gasteiger partial charge in [-0.2, -0.15) is 0 Å². The predicted molar refractivity (Wildman–Crippen MR) is 76.9 cm³/mol. The predicted octanol–water partition coefficient (Wildman–Crippen LogP) is 3.22. The second-order valence-corrected chi connectivity index (χ2v) is 4.55. The number of anilines is 2. The van der Waals surface area contributed by atoms with E-state index >= 15 is 0 Å². The lowest BCUT2D eigenvalue weighted by molar-refractivity contribution is -0.385. The Balaban J connectivity index is 2.36. The number of nitrogen functional groups attached to an aromatic ring is 1. The van der Waals surface area contributed by atoms with E-state index in [2.05, 4.69) is 5.32 Å². The van der Waals surface area contributed by atoms with Crippen LogP contribution in [0.5, 0.6) is 0 Å². The molecular weight excluding hydrogens is 301 g/mol. The maximum Gasteiger partial charge on any atom is 0.282 e. The molecule has 2 aromatic rings. The highest BCUT2D eigenvalue weighted by atomic mass is 35.5. The minimum absolute atomic E-state index is 0.138. The second kappa shape index (κ2) is 5.76. The fourth-order valence-electron chi connectivity index (χ4n) is 1.68. The van der Waals surface area contributed by atoms with Crippen molar-refractivity contribution in [3.05, 3.63) is 62.9 Å². The molecule has 108 valence electrons. The van der Waals surface area contributed by atoms with Crippen molar-refractivity contribution in [1.29, 1.82) is 0 Å². The number of amides is 1. The molecule has 0 atom stereocenters. The van der Waals surface area contributed by atoms with Crippen LogP contribution in [0.1, 0.15) is 10.4 Å². The van der Waals surface area contributed by atoms with Crippen molar-refractivity contribution in [2.24, 2.45) is 0 Å². The van der Waals surface area contributed by atoms with Gasteiger partial charge in [0, 0.05) is 16.8 Å². The molecule has 0 aliphatic rings. The number of rotatable bonds is 3. The molecule has 0 aromatic heterocycles. The zero-order chi connectivity index (χ0) is 15.6. The summed E-state index contributed by atoms with van der Waals surface area (Å²) < 4.78 is 13.6. The van der Waals surface area contributed by atoms with Gasteiger partial charge in [-0.15, -0.1) is 0 Å². The monoisotopic (exact) mass is 309 g/mol. The number of carbonyl (C=O) groups excluding carboxylic acids is 1. The Kier molecular flexibility index (Phi) is 4.04. The Morgan fingerprint density at radius 2 is 2.00 bits per heavy atom. The summed E-state index contributed by atoms with van der Waals surface area (Å²) in [6, 6.07) is 7.23. The number of carbonyl (C=O) groups is 1. The smallest absolute Gasteiger partial charge is 0.282 e. The van der Waals surface area contributed by atoms with E-state index in [-0.39, 0.29) is 22.0 Å². The summed E-state index contributed by atoms with van der Waals surface area (Å²) >= 11 is 5.60. The molecule has 2 rings (SSSR count). The first-order valence-electron chi connectivity index (χ1n) is 5.69. The number of benzene rings is 2. The van der Waals surface area contributed by atoms with Crippen LogP contribution in [-0.4, -0.2) is 10.8 Å². The number of halogens is 2. The number of nitrogens with zero attached hydrogens (tertiary/aromatic N) is 1. The van der Waals surface area contributed by atoms with Gasteiger partial charge in [-0.1, -0.05) is 11.6 Å². The Morgan fingerprint density at radius 1 is 1.29 bits per heavy atom. The van der Waals surface area contributed by atoms with Crippen LogP contribution >= 0.6 is 11.6 Å². The molecule has 2 aromatic carbocycles. The highest BCUT2D eigenvalue weighted by Crippen LogP contribution is 2.24. The quantitative estimate of drug-likeness (QED) is 0.516. The first-order chi connectivity index (χ1) is 9.88. The van der Waals surface area contributed by atoms with Gasteiger partial charge in [-0.3, -0.25) is 14.9 Å². The molecule has 0 aliphatic heterocycles. The summed E-state index contributed by atoms with van der Waals surface area (Å²) in [6.07, 6.45) is 0. The van der Waals surface area contributed by atoms with Crippen molar-refractivity contribution < 1.29 is 14.1 Å². The molecule has 0 saturated heterocycles. The molecule has 0 spiro atoms. The molecule has 0 heterocycles. The maximum atomic E-state index is 13.6. The van der Waals surface area contributed by atoms with Crippen molar-refractivity contribution in [1.82, 2.24) is 0 Å². The SMILES string of the molecule is Nc1ccc([N+](=O)[O-])c(C(=O)Nc2ccc(Cl)cc2F)c1. The van der Waals surface area contributed by atoms with E-state index < -0.39 is 22.3 Å². The van der Waals surface area contributed by atoms with Crippen molar-refractivity contribution in [3.8, 4) is 0 Å². The highest BCUT2D eigenvalue weighted by molar-refractivity contribution is 6.30. The lowest BCUT2D eigenvalue weighted by atomic mass is 10.1. The molecule has 8 heteroatoms. The van der Waals surface area contributed by atoms with Crippen LogP contribution in [-0.2, 0) is 0 Å². The first kappa shape index (κ1) is 14.7. The summed E-state index contributed by atoms with van der Waals surface area (Å²) in [5.74, 6) is -1.59. The third-order valence-electron chi connectivity index (χ3n) is 2.64. The molecule has 21 heavy (non-hydrogen) atoms. The minimum atomic E-state index is -0.838. The van der Waals surface area contributed by atoms with Crippen LogP contribution in [0.15, 0.2) is 36.4 Å². The second-order valence-electron chi connectivity index (χ2n) is 4.11. The summed E-state index contributed by atoms with van der Waals surface area (Å²) in [5.41, 5.74) is 4.88. The third-order valence-corrected chi connectivity index (χ3v) is 2.88. The fourth-order valence-corrected chi connectivity index (χ4v) is 1.83. The molecular formula is C13H9ClFN3O3. The van der Waals surface area contributed by atoms with E-state index in [0.29, 0.717) is 0 Å². The Labute approximate surface area is 123 Å². The largest absolute Gasteiger partial charge is 0.399 e. The van der Waals surface area contributed by atoms with E-state index in [1.165, 1.54) is 18.2 Å². The molecule has 0 bridgehead atoms. The van der Waals surface area contributed by atoms with Gasteiger partial charge in [0.05, 0.1) is 10.6 Å². The Morgan fingerprint density at radius 3 is 2.62 bits per heavy atom. The molecule has 6 nitrogen and oxygen atoms in total. The molecule has 0 saturated carbocycles. The molecule has 0 aliphatic carbocycles. The van der Waals surface area contributed by atoms with E-state index in [9.17, 15) is 19.3 Å². The fraction of sp³-hybridized carbons (Fsp3) is 0. The van der Waals surface area contributed by atoms with E-state index in [4.69, 9.17) is 17.3 Å². The number of nitrogens with one attached hydrogen (secondary N) is 1. The van der Waals surface area contributed by atoms with Crippen LogP contribution in [0.25, 0.3) is 0 Å². The Hall–Kier alpha value is -2.67. The molecule has 0 radical (unpaired) electrons. The van der Waals surface area contributed by atoms with Gasteiger partial charge in [0.1, 0.15) is 11.4 Å². The maximum absolute atomic E-state index is 13.6. The lowest BCUT2D eigenvalue weighted by Gasteiger charge is -2.07. The van der Waals surface area contributed by atoms with E-state index in [1.807, 2.05) is 0 Å². The standard InChI is InChI=1S/C13H9ClFN3O3/c14-7-1-3-11(10(15)5-7)17-13(19)9-6-8(16)2-4-12(9)18(20)21/h1-6H,16H2,(H,17,19). The van der Waals surface area contributed by atoms with Gasteiger partial charge in [0.25, 0.3) is 11.6 Å². The van der Waals surface area contributed by atoms with E-state index in [1.54, 1.807) is 0 Å². The molecule has 0 unspecified atom stereocenters. The molecule has 1 amide bonds. The van der Waals surface area contributed by atoms with Crippen LogP contribution in [0, 0.1) is 15.9 Å². The van der Waals surface area contributed by atoms with Crippen LogP contribution in [0.4, 0.5) is 21.5 Å². The average Bonchev–Trinajstić information content (AvgIpc) is 2.41. The Bertz CT molecular complexity index is 737. The van der Waals surface area contributed by atoms with Gasteiger partial charge in [0.2, 0.25) is 0 Å². The summed E-state index contributed by atoms with van der Waals surface area (Å²) in [7, 11) is 0. The highest BCUT2D eigenvalue weighted by Gasteiger charge is 2.21. The van der Waals surface area contributed by atoms with Gasteiger partial charge < -0.3 is 11.1 Å².